The fourth-order valence-corrected chi connectivity index (χ4v) is 7.68. The average Bonchev–Trinajstić information content (AvgIpc) is 3.24. The zero-order valence-corrected chi connectivity index (χ0v) is 24.7. The van der Waals surface area contributed by atoms with E-state index in [1.165, 1.54) is 62.5 Å². The van der Waals surface area contributed by atoms with Gasteiger partial charge in [-0.2, -0.15) is 0 Å². The Kier molecular flexibility index (Phi) is 11.5. The van der Waals surface area contributed by atoms with Crippen LogP contribution >= 0.6 is 0 Å². The van der Waals surface area contributed by atoms with Gasteiger partial charge in [-0.1, -0.05) is 82.7 Å². The van der Waals surface area contributed by atoms with E-state index in [1.54, 1.807) is 0 Å². The lowest BCUT2D eigenvalue weighted by Crippen LogP contribution is -2.42. The molecule has 0 aliphatic heterocycles. The third kappa shape index (κ3) is 7.95. The summed E-state index contributed by atoms with van der Waals surface area (Å²) in [7, 11) is 0. The van der Waals surface area contributed by atoms with Crippen molar-refractivity contribution in [2.45, 2.75) is 135 Å². The Hall–Kier alpha value is -2.16. The average molecular weight is 533 g/mol. The van der Waals surface area contributed by atoms with E-state index in [0.29, 0.717) is 35.7 Å². The van der Waals surface area contributed by atoms with E-state index < -0.39 is 0 Å². The summed E-state index contributed by atoms with van der Waals surface area (Å²) in [5.41, 5.74) is 2.72. The molecule has 0 amide bonds. The van der Waals surface area contributed by atoms with Gasteiger partial charge in [0.1, 0.15) is 11.5 Å². The van der Waals surface area contributed by atoms with Crippen molar-refractivity contribution in [3.63, 3.8) is 0 Å². The molecule has 2 fully saturated rings. The molecule has 0 radical (unpaired) electrons. The fraction of sp³-hybridized carbons (Fsp3) is 0.667. The van der Waals surface area contributed by atoms with E-state index >= 15 is 0 Å². The smallest absolute Gasteiger partial charge is 0.311 e. The molecule has 3 nitrogen and oxygen atoms in total. The zero-order chi connectivity index (χ0) is 27.5. The predicted octanol–water partition coefficient (Wildman–Crippen LogP) is 9.83. The van der Waals surface area contributed by atoms with E-state index in [1.807, 2.05) is 6.07 Å². The Labute approximate surface area is 237 Å². The second-order valence-corrected chi connectivity index (χ2v) is 12.7. The highest BCUT2D eigenvalue weighted by Gasteiger charge is 2.54. The number of hydrogen-bond acceptors (Lipinski definition) is 3. The Morgan fingerprint density at radius 3 is 2.41 bits per heavy atom. The number of fused-ring (bicyclic) bond motifs is 5. The highest BCUT2D eigenvalue weighted by Crippen LogP contribution is 2.59. The first-order valence-corrected chi connectivity index (χ1v) is 16.2. The second-order valence-electron chi connectivity index (χ2n) is 12.7. The van der Waals surface area contributed by atoms with Crippen LogP contribution in [0.2, 0.25) is 0 Å². The highest BCUT2D eigenvalue weighted by atomic mass is 16.5. The monoisotopic (exact) mass is 532 g/mol. The van der Waals surface area contributed by atoms with E-state index in [0.717, 1.165) is 57.8 Å². The number of carbonyl (C=O) groups excluding carboxylic acids is 2. The maximum absolute atomic E-state index is 12.6. The third-order valence-electron chi connectivity index (χ3n) is 10.00. The first-order valence-electron chi connectivity index (χ1n) is 16.2. The van der Waals surface area contributed by atoms with Crippen LogP contribution in [0.15, 0.2) is 42.5 Å². The largest absolute Gasteiger partial charge is 0.427 e. The first-order chi connectivity index (χ1) is 19.0. The lowest BCUT2D eigenvalue weighted by Gasteiger charge is -2.48. The number of hydrogen-bond donors (Lipinski definition) is 0. The molecule has 0 N–H and O–H groups in total. The second kappa shape index (κ2) is 15.0. The zero-order valence-electron chi connectivity index (χ0n) is 24.7. The van der Waals surface area contributed by atoms with Gasteiger partial charge in [0.05, 0.1) is 0 Å². The third-order valence-corrected chi connectivity index (χ3v) is 10.00. The number of carbonyl (C=O) groups is 2. The molecular weight excluding hydrogens is 480 g/mol. The van der Waals surface area contributed by atoms with Crippen molar-refractivity contribution in [1.82, 2.24) is 0 Å². The SMILES string of the molecule is CCCCCC/C=C\C=C/CCCCCCCC(=O)Oc1ccc2c(c1)CC[C@@H]1[C@@H]2CC[C@]2(C)C(=O)CC[C@@H]12. The Morgan fingerprint density at radius 1 is 0.923 bits per heavy atom. The molecule has 2 saturated carbocycles. The Morgan fingerprint density at radius 2 is 1.64 bits per heavy atom. The van der Waals surface area contributed by atoms with Crippen LogP contribution < -0.4 is 4.74 Å². The molecule has 1 aromatic carbocycles. The molecule has 0 spiro atoms. The first kappa shape index (κ1) is 29.8. The van der Waals surface area contributed by atoms with E-state index in [2.05, 4.69) is 50.3 Å². The predicted molar refractivity (Wildman–Crippen MR) is 161 cm³/mol. The van der Waals surface area contributed by atoms with Crippen LogP contribution in [-0.2, 0) is 16.0 Å². The number of Topliss-reactive ketones (excluding diaryl/α,β-unsaturated/α-hetero) is 1. The number of rotatable bonds is 15. The van der Waals surface area contributed by atoms with Crippen LogP contribution in [0.5, 0.6) is 5.75 Å². The molecule has 3 aliphatic rings. The van der Waals surface area contributed by atoms with Crippen molar-refractivity contribution in [3.05, 3.63) is 53.6 Å². The lowest BCUT2D eigenvalue weighted by molar-refractivity contribution is -0.134. The molecule has 39 heavy (non-hydrogen) atoms. The van der Waals surface area contributed by atoms with Crippen LogP contribution in [0.25, 0.3) is 0 Å². The molecular formula is C36H52O3. The molecule has 0 bridgehead atoms. The summed E-state index contributed by atoms with van der Waals surface area (Å²) in [5.74, 6) is 2.85. The molecule has 0 heterocycles. The quantitative estimate of drug-likeness (QED) is 0.0977. The number of unbranched alkanes of at least 4 members (excludes halogenated alkanes) is 9. The van der Waals surface area contributed by atoms with Crippen molar-refractivity contribution in [3.8, 4) is 5.75 Å². The van der Waals surface area contributed by atoms with Gasteiger partial charge in [0, 0.05) is 18.3 Å². The van der Waals surface area contributed by atoms with Gasteiger partial charge in [0.15, 0.2) is 0 Å². The van der Waals surface area contributed by atoms with Crippen LogP contribution in [-0.4, -0.2) is 11.8 Å². The topological polar surface area (TPSA) is 43.4 Å². The van der Waals surface area contributed by atoms with E-state index in [4.69, 9.17) is 4.74 Å². The summed E-state index contributed by atoms with van der Waals surface area (Å²) in [6.07, 6.45) is 28.9. The number of esters is 1. The number of aryl methyl sites for hydroxylation is 1. The van der Waals surface area contributed by atoms with Gasteiger partial charge in [0.2, 0.25) is 0 Å². The summed E-state index contributed by atoms with van der Waals surface area (Å²) in [5, 5.41) is 0. The molecule has 3 aliphatic carbocycles. The highest BCUT2D eigenvalue weighted by molar-refractivity contribution is 5.87. The van der Waals surface area contributed by atoms with Crippen LogP contribution in [0.4, 0.5) is 0 Å². The minimum Gasteiger partial charge on any atom is -0.427 e. The van der Waals surface area contributed by atoms with Crippen molar-refractivity contribution < 1.29 is 14.3 Å². The van der Waals surface area contributed by atoms with Crippen molar-refractivity contribution in [2.24, 2.45) is 17.3 Å². The van der Waals surface area contributed by atoms with Crippen molar-refractivity contribution in [1.29, 1.82) is 0 Å². The summed E-state index contributed by atoms with van der Waals surface area (Å²) in [6.45, 7) is 4.48. The molecule has 0 aromatic heterocycles. The van der Waals surface area contributed by atoms with Gasteiger partial charge in [-0.25, -0.2) is 0 Å². The molecule has 1 aromatic rings. The summed E-state index contributed by atoms with van der Waals surface area (Å²) >= 11 is 0. The van der Waals surface area contributed by atoms with Crippen molar-refractivity contribution >= 4 is 11.8 Å². The molecule has 0 unspecified atom stereocenters. The molecule has 0 saturated heterocycles. The minimum atomic E-state index is -0.106. The minimum absolute atomic E-state index is 0.0737. The Balaban J connectivity index is 1.09. The number of ketones is 1. The van der Waals surface area contributed by atoms with Crippen LogP contribution in [0, 0.1) is 17.3 Å². The van der Waals surface area contributed by atoms with E-state index in [9.17, 15) is 9.59 Å². The maximum atomic E-state index is 12.6. The lowest BCUT2D eigenvalue weighted by atomic mass is 9.55. The van der Waals surface area contributed by atoms with Gasteiger partial charge in [0.25, 0.3) is 0 Å². The van der Waals surface area contributed by atoms with Gasteiger partial charge >= 0.3 is 5.97 Å². The van der Waals surface area contributed by atoms with E-state index in [-0.39, 0.29) is 11.4 Å². The molecule has 214 valence electrons. The van der Waals surface area contributed by atoms with Gasteiger partial charge < -0.3 is 4.74 Å². The normalized spacial score (nSPS) is 26.1. The molecule has 3 heteroatoms. The number of benzene rings is 1. The fourth-order valence-electron chi connectivity index (χ4n) is 7.68. The van der Waals surface area contributed by atoms with Gasteiger partial charge in [-0.3, -0.25) is 9.59 Å². The maximum Gasteiger partial charge on any atom is 0.311 e. The van der Waals surface area contributed by atoms with Crippen molar-refractivity contribution in [2.75, 3.05) is 0 Å². The summed E-state index contributed by atoms with van der Waals surface area (Å²) in [4.78, 5) is 25.0. The number of ether oxygens (including phenoxy) is 1. The number of allylic oxidation sites excluding steroid dienone is 4. The van der Waals surface area contributed by atoms with Crippen LogP contribution in [0.3, 0.4) is 0 Å². The van der Waals surface area contributed by atoms with Gasteiger partial charge in [-0.05, 0) is 105 Å². The Bertz CT molecular complexity index is 1000. The van der Waals surface area contributed by atoms with Gasteiger partial charge in [-0.15, -0.1) is 0 Å². The summed E-state index contributed by atoms with van der Waals surface area (Å²) in [6, 6.07) is 6.33. The molecule has 4 rings (SSSR count). The standard InChI is InChI=1S/C36H52O3/c1-3-4-5-6-7-8-9-10-11-12-13-14-15-16-17-18-35(38)39-29-20-22-30-28(27-29)19-21-32-31(30)25-26-36(2)33(32)23-24-34(36)37/h8-11,20,22,27,31-33H,3-7,12-19,21,23-26H2,1-2H3/b9-8-,11-10-/t31-,32-,33+,36+/m1/s1. The summed E-state index contributed by atoms with van der Waals surface area (Å²) < 4.78 is 5.74. The molecule has 4 atom stereocenters. The van der Waals surface area contributed by atoms with Crippen LogP contribution in [0.1, 0.15) is 140 Å².